The molecule has 1 aliphatic heterocycles. The van der Waals surface area contributed by atoms with E-state index >= 15 is 0 Å². The van der Waals surface area contributed by atoms with Crippen molar-refractivity contribution >= 4 is 5.91 Å². The van der Waals surface area contributed by atoms with Gasteiger partial charge in [-0.3, -0.25) is 9.69 Å². The minimum Gasteiger partial charge on any atom is -0.352 e. The van der Waals surface area contributed by atoms with E-state index in [0.29, 0.717) is 18.0 Å². The molecule has 0 spiro atoms. The number of nitrogens with zero attached hydrogens (tertiary/aromatic N) is 1. The standard InChI is InChI=1S/C15H31N3O/c1-5-12-10-18(9-8-14(12)16)11(4)15(19)17-13(6-2)7-3/h11-14H,5-10,16H2,1-4H3,(H,17,19). The summed E-state index contributed by atoms with van der Waals surface area (Å²) < 4.78 is 0. The highest BCUT2D eigenvalue weighted by Gasteiger charge is 2.30. The first-order chi connectivity index (χ1) is 9.03. The smallest absolute Gasteiger partial charge is 0.237 e. The van der Waals surface area contributed by atoms with Crippen LogP contribution in [-0.4, -0.2) is 42.0 Å². The number of nitrogens with one attached hydrogen (secondary N) is 1. The van der Waals surface area contributed by atoms with Crippen molar-refractivity contribution in [1.82, 2.24) is 10.2 Å². The number of carbonyl (C=O) groups is 1. The number of piperidine rings is 1. The fourth-order valence-corrected chi connectivity index (χ4v) is 2.84. The number of carbonyl (C=O) groups excluding carboxylic acids is 1. The summed E-state index contributed by atoms with van der Waals surface area (Å²) in [4.78, 5) is 14.5. The maximum absolute atomic E-state index is 12.3. The van der Waals surface area contributed by atoms with Crippen molar-refractivity contribution in [3.05, 3.63) is 0 Å². The summed E-state index contributed by atoms with van der Waals surface area (Å²) in [7, 11) is 0. The lowest BCUT2D eigenvalue weighted by atomic mass is 9.90. The molecule has 4 heteroatoms. The Kier molecular flexibility index (Phi) is 6.80. The van der Waals surface area contributed by atoms with Gasteiger partial charge in [-0.15, -0.1) is 0 Å². The van der Waals surface area contributed by atoms with Crippen molar-refractivity contribution in [3.63, 3.8) is 0 Å². The normalized spacial score (nSPS) is 26.4. The van der Waals surface area contributed by atoms with Gasteiger partial charge in [0.05, 0.1) is 6.04 Å². The van der Waals surface area contributed by atoms with Crippen LogP contribution in [0.25, 0.3) is 0 Å². The van der Waals surface area contributed by atoms with Crippen molar-refractivity contribution in [3.8, 4) is 0 Å². The van der Waals surface area contributed by atoms with Crippen LogP contribution in [0.5, 0.6) is 0 Å². The molecule has 4 nitrogen and oxygen atoms in total. The molecule has 1 amide bonds. The molecule has 3 unspecified atom stereocenters. The Hall–Kier alpha value is -0.610. The first-order valence-electron chi connectivity index (χ1n) is 7.83. The molecule has 0 aliphatic carbocycles. The van der Waals surface area contributed by atoms with E-state index < -0.39 is 0 Å². The lowest BCUT2D eigenvalue weighted by molar-refractivity contribution is -0.127. The van der Waals surface area contributed by atoms with E-state index in [1.807, 2.05) is 6.92 Å². The van der Waals surface area contributed by atoms with Crippen LogP contribution in [0, 0.1) is 5.92 Å². The predicted molar refractivity (Wildman–Crippen MR) is 79.9 cm³/mol. The molecule has 0 aromatic rings. The number of hydrogen-bond donors (Lipinski definition) is 2. The Morgan fingerprint density at radius 1 is 1.37 bits per heavy atom. The van der Waals surface area contributed by atoms with E-state index in [9.17, 15) is 4.79 Å². The van der Waals surface area contributed by atoms with E-state index in [1.54, 1.807) is 0 Å². The van der Waals surface area contributed by atoms with Crippen molar-refractivity contribution in [2.24, 2.45) is 11.7 Å². The van der Waals surface area contributed by atoms with Gasteiger partial charge in [-0.05, 0) is 32.1 Å². The van der Waals surface area contributed by atoms with Gasteiger partial charge in [0, 0.05) is 25.2 Å². The van der Waals surface area contributed by atoms with Gasteiger partial charge < -0.3 is 11.1 Å². The zero-order chi connectivity index (χ0) is 14.4. The van der Waals surface area contributed by atoms with Gasteiger partial charge in [-0.1, -0.05) is 27.2 Å². The van der Waals surface area contributed by atoms with Gasteiger partial charge in [0.15, 0.2) is 0 Å². The summed E-state index contributed by atoms with van der Waals surface area (Å²) in [6.07, 6.45) is 4.09. The van der Waals surface area contributed by atoms with E-state index in [2.05, 4.69) is 31.0 Å². The Morgan fingerprint density at radius 2 is 2.00 bits per heavy atom. The van der Waals surface area contributed by atoms with Gasteiger partial charge in [0.1, 0.15) is 0 Å². The summed E-state index contributed by atoms with van der Waals surface area (Å²) in [5.74, 6) is 0.691. The predicted octanol–water partition coefficient (Wildman–Crippen LogP) is 1.74. The van der Waals surface area contributed by atoms with Gasteiger partial charge in [-0.25, -0.2) is 0 Å². The molecular formula is C15H31N3O. The molecule has 1 aliphatic rings. The summed E-state index contributed by atoms with van der Waals surface area (Å²) in [6.45, 7) is 10.3. The third kappa shape index (κ3) is 4.46. The SMILES string of the molecule is CCC(CC)NC(=O)C(C)N1CCC(N)C(CC)C1. The van der Waals surface area contributed by atoms with E-state index in [-0.39, 0.29) is 11.9 Å². The van der Waals surface area contributed by atoms with Crippen LogP contribution >= 0.6 is 0 Å². The van der Waals surface area contributed by atoms with Gasteiger partial charge in [0.25, 0.3) is 0 Å². The van der Waals surface area contributed by atoms with E-state index in [0.717, 1.165) is 38.8 Å². The number of likely N-dealkylation sites (tertiary alicyclic amines) is 1. The minimum absolute atomic E-state index is 0.0397. The van der Waals surface area contributed by atoms with Gasteiger partial charge in [-0.2, -0.15) is 0 Å². The second kappa shape index (κ2) is 7.85. The highest BCUT2D eigenvalue weighted by molar-refractivity contribution is 5.81. The van der Waals surface area contributed by atoms with E-state index in [1.165, 1.54) is 0 Å². The van der Waals surface area contributed by atoms with Gasteiger partial charge in [0.2, 0.25) is 5.91 Å². The van der Waals surface area contributed by atoms with E-state index in [4.69, 9.17) is 5.73 Å². The number of nitrogens with two attached hydrogens (primary N) is 1. The van der Waals surface area contributed by atoms with Crippen molar-refractivity contribution in [1.29, 1.82) is 0 Å². The molecule has 1 saturated heterocycles. The monoisotopic (exact) mass is 269 g/mol. The Balaban J connectivity index is 2.52. The minimum atomic E-state index is -0.0397. The van der Waals surface area contributed by atoms with Gasteiger partial charge >= 0.3 is 0 Å². The highest BCUT2D eigenvalue weighted by Crippen LogP contribution is 2.20. The van der Waals surface area contributed by atoms with Crippen LogP contribution in [0.4, 0.5) is 0 Å². The molecule has 112 valence electrons. The third-order valence-corrected chi connectivity index (χ3v) is 4.61. The van der Waals surface area contributed by atoms with Crippen LogP contribution in [0.3, 0.4) is 0 Å². The zero-order valence-corrected chi connectivity index (χ0v) is 13.0. The average molecular weight is 269 g/mol. The molecule has 1 rings (SSSR count). The fourth-order valence-electron chi connectivity index (χ4n) is 2.84. The summed E-state index contributed by atoms with van der Waals surface area (Å²) in [6, 6.07) is 0.571. The number of rotatable bonds is 6. The summed E-state index contributed by atoms with van der Waals surface area (Å²) in [5.41, 5.74) is 6.12. The first kappa shape index (κ1) is 16.4. The van der Waals surface area contributed by atoms with Crippen molar-refractivity contribution in [2.75, 3.05) is 13.1 Å². The Morgan fingerprint density at radius 3 is 2.53 bits per heavy atom. The van der Waals surface area contributed by atoms with Crippen LogP contribution in [0.1, 0.15) is 53.4 Å². The zero-order valence-electron chi connectivity index (χ0n) is 13.0. The fraction of sp³-hybridized carbons (Fsp3) is 0.933. The molecule has 0 aromatic carbocycles. The van der Waals surface area contributed by atoms with Crippen LogP contribution in [-0.2, 0) is 4.79 Å². The topological polar surface area (TPSA) is 58.4 Å². The van der Waals surface area contributed by atoms with Crippen LogP contribution in [0.2, 0.25) is 0 Å². The second-order valence-electron chi connectivity index (χ2n) is 5.81. The van der Waals surface area contributed by atoms with Crippen molar-refractivity contribution in [2.45, 2.75) is 71.5 Å². The maximum atomic E-state index is 12.3. The number of amides is 1. The van der Waals surface area contributed by atoms with Crippen LogP contribution < -0.4 is 11.1 Å². The lowest BCUT2D eigenvalue weighted by Crippen LogP contribution is -2.54. The Labute approximate surface area is 118 Å². The molecule has 19 heavy (non-hydrogen) atoms. The molecular weight excluding hydrogens is 238 g/mol. The summed E-state index contributed by atoms with van der Waals surface area (Å²) >= 11 is 0. The maximum Gasteiger partial charge on any atom is 0.237 e. The highest BCUT2D eigenvalue weighted by atomic mass is 16.2. The molecule has 3 N–H and O–H groups in total. The van der Waals surface area contributed by atoms with Crippen molar-refractivity contribution < 1.29 is 4.79 Å². The molecule has 1 heterocycles. The Bertz CT molecular complexity index is 279. The molecule has 0 aromatic heterocycles. The molecule has 0 saturated carbocycles. The average Bonchev–Trinajstić information content (AvgIpc) is 2.44. The third-order valence-electron chi connectivity index (χ3n) is 4.61. The molecule has 1 fully saturated rings. The second-order valence-corrected chi connectivity index (χ2v) is 5.81. The quantitative estimate of drug-likeness (QED) is 0.772. The number of hydrogen-bond acceptors (Lipinski definition) is 3. The molecule has 0 radical (unpaired) electrons. The largest absolute Gasteiger partial charge is 0.352 e. The molecule has 3 atom stereocenters. The molecule has 0 bridgehead atoms. The summed E-state index contributed by atoms with van der Waals surface area (Å²) in [5, 5.41) is 3.15. The van der Waals surface area contributed by atoms with Crippen LogP contribution in [0.15, 0.2) is 0 Å². The lowest BCUT2D eigenvalue weighted by Gasteiger charge is -2.39. The first-order valence-corrected chi connectivity index (χ1v) is 7.83.